The van der Waals surface area contributed by atoms with E-state index in [2.05, 4.69) is 32.6 Å². The molecule has 1 saturated heterocycles. The highest BCUT2D eigenvalue weighted by molar-refractivity contribution is 5.85. The number of piperazine rings is 1. The molecular formula is C37H47N5O11. The standard InChI is InChI=1S/C37H47N5O11/c1-17-10-20-11-22-24(13-38)42-23(28(41(22)7)26(20)32(29(17)48-9)49-15-47-8)12-21-27(33-31(50-16-51-33)18(2)30(21)52-36(45)46)25(42)14-39-34(43)19(3)40-35(44)53-37(4,5)6/h10,19,22-25,28H,11-12,14-16H2,1-9H3,(H,39,43)(H,40,44)(H,45,46)/t19?,22-,23?,24+,25+,28-/m1/s1. The molecule has 3 N–H and O–H groups in total. The van der Waals surface area contributed by atoms with Gasteiger partial charge in [-0.2, -0.15) is 5.26 Å². The van der Waals surface area contributed by atoms with Crippen molar-refractivity contribution < 1.29 is 52.6 Å². The maximum Gasteiger partial charge on any atom is 0.511 e. The van der Waals surface area contributed by atoms with E-state index in [1.165, 1.54) is 7.11 Å². The molecule has 6 rings (SSSR count). The maximum absolute atomic E-state index is 13.6. The van der Waals surface area contributed by atoms with Crippen molar-refractivity contribution in [3.05, 3.63) is 39.4 Å². The summed E-state index contributed by atoms with van der Waals surface area (Å²) in [5, 5.41) is 26.4. The van der Waals surface area contributed by atoms with Crippen LogP contribution in [0, 0.1) is 25.2 Å². The first kappa shape index (κ1) is 37.8. The van der Waals surface area contributed by atoms with Crippen molar-refractivity contribution in [1.29, 1.82) is 5.26 Å². The van der Waals surface area contributed by atoms with Crippen LogP contribution in [0.5, 0.6) is 28.7 Å². The number of carbonyl (C=O) groups is 3. The quantitative estimate of drug-likeness (QED) is 0.191. The van der Waals surface area contributed by atoms with Crippen LogP contribution in [0.4, 0.5) is 9.59 Å². The minimum absolute atomic E-state index is 0.0341. The molecule has 2 aromatic carbocycles. The highest BCUT2D eigenvalue weighted by atomic mass is 16.7. The van der Waals surface area contributed by atoms with Gasteiger partial charge in [-0.1, -0.05) is 6.07 Å². The number of methoxy groups -OCH3 is 2. The molecule has 2 unspecified atom stereocenters. The first-order valence-corrected chi connectivity index (χ1v) is 17.5. The van der Waals surface area contributed by atoms with E-state index in [0.717, 1.165) is 16.7 Å². The Kier molecular flexibility index (Phi) is 10.3. The number of rotatable bonds is 9. The molecule has 16 heteroatoms. The van der Waals surface area contributed by atoms with Gasteiger partial charge >= 0.3 is 12.2 Å². The van der Waals surface area contributed by atoms with Gasteiger partial charge in [-0.05, 0) is 72.6 Å². The topological polar surface area (TPSA) is 190 Å². The predicted molar refractivity (Wildman–Crippen MR) is 188 cm³/mol. The monoisotopic (exact) mass is 737 g/mol. The molecule has 0 aliphatic carbocycles. The van der Waals surface area contributed by atoms with E-state index >= 15 is 0 Å². The van der Waals surface area contributed by atoms with E-state index in [1.54, 1.807) is 41.7 Å². The number of amides is 2. The van der Waals surface area contributed by atoms with Gasteiger partial charge in [0.05, 0.1) is 25.3 Å². The van der Waals surface area contributed by atoms with Gasteiger partial charge in [0.15, 0.2) is 29.8 Å². The van der Waals surface area contributed by atoms with Crippen molar-refractivity contribution in [2.75, 3.05) is 41.4 Å². The van der Waals surface area contributed by atoms with Gasteiger partial charge in [0.2, 0.25) is 12.7 Å². The molecule has 4 aliphatic heterocycles. The maximum atomic E-state index is 13.6. The number of carbonyl (C=O) groups excluding carboxylic acids is 2. The van der Waals surface area contributed by atoms with Crippen molar-refractivity contribution in [3.63, 3.8) is 0 Å². The van der Waals surface area contributed by atoms with Crippen LogP contribution in [0.1, 0.15) is 73.2 Å². The molecule has 0 aromatic heterocycles. The third-order valence-electron chi connectivity index (χ3n) is 10.4. The Bertz CT molecular complexity index is 1850. The van der Waals surface area contributed by atoms with Crippen LogP contribution in [-0.2, 0) is 27.1 Å². The zero-order valence-electron chi connectivity index (χ0n) is 31.4. The summed E-state index contributed by atoms with van der Waals surface area (Å²) >= 11 is 0. The van der Waals surface area contributed by atoms with Gasteiger partial charge in [-0.3, -0.25) is 14.6 Å². The SMILES string of the molecule is COCOc1c(OC)c(C)cc2c1[C@H]1C3Cc4c(OC(=O)O)c(C)c5c(c4[C@H](CNC(=O)C(C)NC(=O)OC(C)(C)C)N3[C@@H](C#N)[C@@H](C2)N1C)OCO5. The third-order valence-corrected chi connectivity index (χ3v) is 10.4. The number of nitriles is 1. The van der Waals surface area contributed by atoms with E-state index < -0.39 is 54.0 Å². The Labute approximate surface area is 308 Å². The highest BCUT2D eigenvalue weighted by Crippen LogP contribution is 2.58. The van der Waals surface area contributed by atoms with Crippen LogP contribution in [0.2, 0.25) is 0 Å². The lowest BCUT2D eigenvalue weighted by Gasteiger charge is -2.60. The zero-order valence-corrected chi connectivity index (χ0v) is 31.4. The van der Waals surface area contributed by atoms with Crippen molar-refractivity contribution in [2.24, 2.45) is 0 Å². The number of ether oxygens (including phenoxy) is 7. The number of hydrogen-bond donors (Lipinski definition) is 3. The number of alkyl carbamates (subject to hydrolysis) is 1. The molecule has 4 heterocycles. The molecule has 1 fully saturated rings. The smallest absolute Gasteiger partial charge is 0.493 e. The van der Waals surface area contributed by atoms with Gasteiger partial charge < -0.3 is 48.9 Å². The number of carboxylic acid groups (broad SMARTS) is 1. The van der Waals surface area contributed by atoms with Crippen molar-refractivity contribution in [1.82, 2.24) is 20.4 Å². The Balaban J connectivity index is 1.51. The molecular weight excluding hydrogens is 690 g/mol. The minimum atomic E-state index is -1.50. The number of benzene rings is 2. The molecule has 0 spiro atoms. The Morgan fingerprint density at radius 1 is 1.08 bits per heavy atom. The van der Waals surface area contributed by atoms with E-state index in [-0.39, 0.29) is 38.3 Å². The molecule has 0 saturated carbocycles. The van der Waals surface area contributed by atoms with E-state index in [1.807, 2.05) is 14.0 Å². The van der Waals surface area contributed by atoms with Gasteiger partial charge in [0, 0.05) is 48.0 Å². The number of nitrogens with zero attached hydrogens (tertiary/aromatic N) is 3. The summed E-state index contributed by atoms with van der Waals surface area (Å²) in [4.78, 5) is 42.6. The van der Waals surface area contributed by atoms with Crippen molar-refractivity contribution in [3.8, 4) is 34.8 Å². The zero-order chi connectivity index (χ0) is 38.5. The molecule has 0 radical (unpaired) electrons. The summed E-state index contributed by atoms with van der Waals surface area (Å²) in [5.41, 5.74) is 3.55. The number of hydrogen-bond acceptors (Lipinski definition) is 13. The van der Waals surface area contributed by atoms with Crippen molar-refractivity contribution in [2.45, 2.75) is 96.2 Å². The minimum Gasteiger partial charge on any atom is -0.493 e. The van der Waals surface area contributed by atoms with E-state index in [9.17, 15) is 24.8 Å². The van der Waals surface area contributed by atoms with Crippen LogP contribution < -0.4 is 34.3 Å². The summed E-state index contributed by atoms with van der Waals surface area (Å²) in [5.74, 6) is 1.43. The summed E-state index contributed by atoms with van der Waals surface area (Å²) in [6.45, 7) is 10.2. The molecule has 2 aromatic rings. The van der Waals surface area contributed by atoms with Crippen LogP contribution in [0.25, 0.3) is 0 Å². The first-order chi connectivity index (χ1) is 25.1. The second kappa shape index (κ2) is 14.4. The third kappa shape index (κ3) is 6.73. The number of fused-ring (bicyclic) bond motifs is 9. The highest BCUT2D eigenvalue weighted by Gasteiger charge is 2.57. The van der Waals surface area contributed by atoms with Crippen LogP contribution >= 0.6 is 0 Å². The average molecular weight is 738 g/mol. The normalized spacial score (nSPS) is 23.4. The summed E-state index contributed by atoms with van der Waals surface area (Å²) in [6.07, 6.45) is -1.49. The fourth-order valence-corrected chi connectivity index (χ4v) is 8.39. The molecule has 6 atom stereocenters. The first-order valence-electron chi connectivity index (χ1n) is 17.5. The Morgan fingerprint density at radius 3 is 2.43 bits per heavy atom. The summed E-state index contributed by atoms with van der Waals surface area (Å²) in [6, 6.07) is 1.11. The van der Waals surface area contributed by atoms with Crippen LogP contribution in [0.15, 0.2) is 6.07 Å². The molecule has 16 nitrogen and oxygen atoms in total. The number of nitrogens with one attached hydrogen (secondary N) is 2. The molecule has 286 valence electrons. The second-order valence-electron chi connectivity index (χ2n) is 14.8. The summed E-state index contributed by atoms with van der Waals surface area (Å²) in [7, 11) is 5.09. The molecule has 2 bridgehead atoms. The molecule has 4 aliphatic rings. The van der Waals surface area contributed by atoms with Gasteiger partial charge in [0.1, 0.15) is 23.4 Å². The van der Waals surface area contributed by atoms with Gasteiger partial charge in [-0.15, -0.1) is 0 Å². The molecule has 2 amide bonds. The predicted octanol–water partition coefficient (Wildman–Crippen LogP) is 3.88. The fraction of sp³-hybridized carbons (Fsp3) is 0.568. The number of likely N-dealkylation sites (N-methyl/N-ethyl adjacent to an activating group) is 1. The Morgan fingerprint density at radius 2 is 1.79 bits per heavy atom. The van der Waals surface area contributed by atoms with E-state index in [0.29, 0.717) is 46.1 Å². The van der Waals surface area contributed by atoms with Crippen LogP contribution in [0.3, 0.4) is 0 Å². The fourth-order valence-electron chi connectivity index (χ4n) is 8.39. The molecule has 53 heavy (non-hydrogen) atoms. The van der Waals surface area contributed by atoms with Crippen LogP contribution in [-0.4, -0.2) is 104 Å². The average Bonchev–Trinajstić information content (AvgIpc) is 3.57. The van der Waals surface area contributed by atoms with Gasteiger partial charge in [0.25, 0.3) is 0 Å². The second-order valence-corrected chi connectivity index (χ2v) is 14.8. The lowest BCUT2D eigenvalue weighted by atomic mass is 9.71. The number of aryl methyl sites for hydroxylation is 1. The largest absolute Gasteiger partial charge is 0.511 e. The summed E-state index contributed by atoms with van der Waals surface area (Å²) < 4.78 is 40.2. The Hall–Kier alpha value is -4.98. The van der Waals surface area contributed by atoms with E-state index in [4.69, 9.17) is 33.2 Å². The van der Waals surface area contributed by atoms with Gasteiger partial charge in [-0.25, -0.2) is 9.59 Å². The lowest BCUT2D eigenvalue weighted by molar-refractivity contribution is -0.123. The lowest BCUT2D eigenvalue weighted by Crippen LogP contribution is -2.69. The van der Waals surface area contributed by atoms with Crippen molar-refractivity contribution >= 4 is 18.2 Å².